The van der Waals surface area contributed by atoms with Crippen molar-refractivity contribution in [2.75, 3.05) is 13.1 Å². The van der Waals surface area contributed by atoms with Crippen molar-refractivity contribution in [1.29, 1.82) is 0 Å². The van der Waals surface area contributed by atoms with Gasteiger partial charge in [0.1, 0.15) is 5.75 Å². The third-order valence-corrected chi connectivity index (χ3v) is 2.71. The molecule has 0 aliphatic rings. The number of nitrogens with two attached hydrogens (primary N) is 2. The monoisotopic (exact) mass is 222 g/mol. The molecule has 0 heterocycles. The number of phenolic OH excluding ortho intramolecular Hbond substituents is 1. The number of hydrogen-bond acceptors (Lipinski definition) is 3. The van der Waals surface area contributed by atoms with E-state index in [9.17, 15) is 5.11 Å². The van der Waals surface area contributed by atoms with Crippen LogP contribution in [0.4, 0.5) is 0 Å². The molecule has 0 atom stereocenters. The lowest BCUT2D eigenvalue weighted by Gasteiger charge is -2.11. The van der Waals surface area contributed by atoms with E-state index in [-0.39, 0.29) is 0 Å². The first-order valence-electron chi connectivity index (χ1n) is 5.90. The third kappa shape index (κ3) is 3.51. The summed E-state index contributed by atoms with van der Waals surface area (Å²) in [5.41, 5.74) is 14.2. The Morgan fingerprint density at radius 2 is 1.44 bits per heavy atom. The highest BCUT2D eigenvalue weighted by molar-refractivity contribution is 5.43. The molecule has 0 spiro atoms. The smallest absolute Gasteiger partial charge is 0.121 e. The Hall–Kier alpha value is -1.06. The lowest BCUT2D eigenvalue weighted by atomic mass is 9.98. The first-order valence-corrected chi connectivity index (χ1v) is 5.90. The van der Waals surface area contributed by atoms with Gasteiger partial charge in [-0.05, 0) is 56.8 Å². The minimum Gasteiger partial charge on any atom is -0.507 e. The molecule has 3 nitrogen and oxygen atoms in total. The lowest BCUT2D eigenvalue weighted by molar-refractivity contribution is 0.459. The Morgan fingerprint density at radius 3 is 1.81 bits per heavy atom. The van der Waals surface area contributed by atoms with Crippen LogP contribution in [-0.2, 0) is 12.8 Å². The molecule has 0 aliphatic carbocycles. The molecule has 0 saturated heterocycles. The Morgan fingerprint density at radius 1 is 1.00 bits per heavy atom. The number of rotatable bonds is 6. The Bertz CT molecular complexity index is 308. The van der Waals surface area contributed by atoms with Crippen LogP contribution in [0.1, 0.15) is 29.5 Å². The normalized spacial score (nSPS) is 10.7. The van der Waals surface area contributed by atoms with Crippen LogP contribution in [0.25, 0.3) is 0 Å². The Labute approximate surface area is 97.5 Å². The van der Waals surface area contributed by atoms with Gasteiger partial charge >= 0.3 is 0 Å². The van der Waals surface area contributed by atoms with E-state index in [4.69, 9.17) is 11.5 Å². The van der Waals surface area contributed by atoms with Gasteiger partial charge in [0.2, 0.25) is 0 Å². The van der Waals surface area contributed by atoms with Crippen molar-refractivity contribution >= 4 is 0 Å². The third-order valence-electron chi connectivity index (χ3n) is 2.71. The van der Waals surface area contributed by atoms with E-state index in [1.807, 2.05) is 12.1 Å². The zero-order valence-electron chi connectivity index (χ0n) is 10.00. The van der Waals surface area contributed by atoms with E-state index in [1.165, 1.54) is 5.56 Å². The van der Waals surface area contributed by atoms with Gasteiger partial charge in [-0.15, -0.1) is 0 Å². The summed E-state index contributed by atoms with van der Waals surface area (Å²) in [7, 11) is 0. The second kappa shape index (κ2) is 6.51. The Balaban J connectivity index is 2.86. The molecule has 3 heteroatoms. The van der Waals surface area contributed by atoms with E-state index in [0.717, 1.165) is 36.8 Å². The van der Waals surface area contributed by atoms with Crippen LogP contribution in [0.5, 0.6) is 5.75 Å². The molecule has 0 bridgehead atoms. The van der Waals surface area contributed by atoms with Gasteiger partial charge in [0, 0.05) is 0 Å². The minimum atomic E-state index is 0.438. The highest BCUT2D eigenvalue weighted by Gasteiger charge is 2.07. The largest absolute Gasteiger partial charge is 0.507 e. The molecule has 0 aliphatic heterocycles. The van der Waals surface area contributed by atoms with Gasteiger partial charge in [0.15, 0.2) is 0 Å². The molecule has 0 aromatic heterocycles. The molecule has 0 amide bonds. The number of hydrogen-bond donors (Lipinski definition) is 3. The van der Waals surface area contributed by atoms with Crippen molar-refractivity contribution in [3.8, 4) is 5.75 Å². The van der Waals surface area contributed by atoms with Crippen LogP contribution in [0.2, 0.25) is 0 Å². The Kier molecular flexibility index (Phi) is 5.29. The van der Waals surface area contributed by atoms with Crippen LogP contribution in [0.3, 0.4) is 0 Å². The second-order valence-electron chi connectivity index (χ2n) is 4.22. The fourth-order valence-electron chi connectivity index (χ4n) is 1.90. The van der Waals surface area contributed by atoms with E-state index in [0.29, 0.717) is 18.8 Å². The lowest BCUT2D eigenvalue weighted by Crippen LogP contribution is -2.03. The number of aryl methyl sites for hydroxylation is 3. The number of aromatic hydroxyl groups is 1. The van der Waals surface area contributed by atoms with E-state index in [1.54, 1.807) is 0 Å². The highest BCUT2D eigenvalue weighted by atomic mass is 16.3. The fourth-order valence-corrected chi connectivity index (χ4v) is 1.90. The fraction of sp³-hybridized carbons (Fsp3) is 0.538. The molecule has 0 unspecified atom stereocenters. The molecular formula is C13H22N2O. The van der Waals surface area contributed by atoms with Gasteiger partial charge in [0.25, 0.3) is 0 Å². The molecule has 0 fully saturated rings. The maximum absolute atomic E-state index is 10.1. The maximum atomic E-state index is 10.1. The van der Waals surface area contributed by atoms with Gasteiger partial charge in [-0.25, -0.2) is 0 Å². The number of benzene rings is 1. The molecule has 90 valence electrons. The zero-order valence-corrected chi connectivity index (χ0v) is 10.00. The van der Waals surface area contributed by atoms with Gasteiger partial charge in [-0.3, -0.25) is 0 Å². The van der Waals surface area contributed by atoms with Gasteiger partial charge in [0.05, 0.1) is 0 Å². The molecule has 0 radical (unpaired) electrons. The summed E-state index contributed by atoms with van der Waals surface area (Å²) in [6.07, 6.45) is 3.51. The number of phenols is 1. The first kappa shape index (κ1) is 13.0. The van der Waals surface area contributed by atoms with Crippen molar-refractivity contribution in [1.82, 2.24) is 0 Å². The predicted octanol–water partition coefficient (Wildman–Crippen LogP) is 1.48. The van der Waals surface area contributed by atoms with Crippen molar-refractivity contribution in [3.05, 3.63) is 28.8 Å². The average Bonchev–Trinajstić information content (AvgIpc) is 2.28. The van der Waals surface area contributed by atoms with Crippen LogP contribution < -0.4 is 11.5 Å². The zero-order chi connectivity index (χ0) is 12.0. The van der Waals surface area contributed by atoms with Crippen molar-refractivity contribution < 1.29 is 5.11 Å². The van der Waals surface area contributed by atoms with E-state index >= 15 is 0 Å². The summed E-state index contributed by atoms with van der Waals surface area (Å²) in [6.45, 7) is 3.37. The predicted molar refractivity (Wildman–Crippen MR) is 67.6 cm³/mol. The SMILES string of the molecule is Cc1cc(CCCN)c(O)c(CCCN)c1. The topological polar surface area (TPSA) is 72.3 Å². The summed E-state index contributed by atoms with van der Waals surface area (Å²) in [5.74, 6) is 0.438. The van der Waals surface area contributed by atoms with E-state index < -0.39 is 0 Å². The quantitative estimate of drug-likeness (QED) is 0.682. The van der Waals surface area contributed by atoms with Gasteiger partial charge in [-0.2, -0.15) is 0 Å². The average molecular weight is 222 g/mol. The summed E-state index contributed by atoms with van der Waals surface area (Å²) < 4.78 is 0. The second-order valence-corrected chi connectivity index (χ2v) is 4.22. The van der Waals surface area contributed by atoms with Crippen LogP contribution in [0, 0.1) is 6.92 Å². The van der Waals surface area contributed by atoms with Crippen LogP contribution >= 0.6 is 0 Å². The molecule has 1 aromatic rings. The summed E-state index contributed by atoms with van der Waals surface area (Å²) >= 11 is 0. The summed E-state index contributed by atoms with van der Waals surface area (Å²) in [4.78, 5) is 0. The van der Waals surface area contributed by atoms with Crippen molar-refractivity contribution in [2.45, 2.75) is 32.6 Å². The van der Waals surface area contributed by atoms with Crippen LogP contribution in [-0.4, -0.2) is 18.2 Å². The van der Waals surface area contributed by atoms with Crippen LogP contribution in [0.15, 0.2) is 12.1 Å². The molecule has 1 aromatic carbocycles. The van der Waals surface area contributed by atoms with Crippen molar-refractivity contribution in [3.63, 3.8) is 0 Å². The van der Waals surface area contributed by atoms with Crippen molar-refractivity contribution in [2.24, 2.45) is 11.5 Å². The first-order chi connectivity index (χ1) is 7.69. The molecule has 1 rings (SSSR count). The standard InChI is InChI=1S/C13H22N2O/c1-10-8-11(4-2-6-14)13(16)12(9-10)5-3-7-15/h8-9,16H,2-7,14-15H2,1H3. The van der Waals surface area contributed by atoms with Gasteiger partial charge < -0.3 is 16.6 Å². The maximum Gasteiger partial charge on any atom is 0.121 e. The van der Waals surface area contributed by atoms with E-state index in [2.05, 4.69) is 6.92 Å². The van der Waals surface area contributed by atoms with Gasteiger partial charge in [-0.1, -0.05) is 17.7 Å². The minimum absolute atomic E-state index is 0.438. The molecule has 16 heavy (non-hydrogen) atoms. The summed E-state index contributed by atoms with van der Waals surface area (Å²) in [5, 5.41) is 10.1. The molecule has 0 saturated carbocycles. The molecular weight excluding hydrogens is 200 g/mol. The summed E-state index contributed by atoms with van der Waals surface area (Å²) in [6, 6.07) is 4.08. The highest BCUT2D eigenvalue weighted by Crippen LogP contribution is 2.26. The molecule has 5 N–H and O–H groups in total.